The molecule has 0 aliphatic carbocycles. The molecule has 0 fully saturated rings. The number of rotatable bonds is 4. The molecular weight excluding hydrogens is 270 g/mol. The monoisotopic (exact) mass is 277 g/mol. The number of anilines is 1. The van der Waals surface area contributed by atoms with Crippen LogP contribution in [0, 0.1) is 0 Å². The fourth-order valence-corrected chi connectivity index (χ4v) is 2.16. The lowest BCUT2D eigenvalue weighted by Gasteiger charge is -2.04. The van der Waals surface area contributed by atoms with Gasteiger partial charge >= 0.3 is 5.97 Å². The van der Waals surface area contributed by atoms with Crippen LogP contribution in [0.15, 0.2) is 17.8 Å². The van der Waals surface area contributed by atoms with E-state index in [1.807, 2.05) is 0 Å². The lowest BCUT2D eigenvalue weighted by atomic mass is 10.5. The van der Waals surface area contributed by atoms with Gasteiger partial charge in [0.15, 0.2) is 17.2 Å². The molecule has 3 aromatic heterocycles. The molecule has 2 N–H and O–H groups in total. The van der Waals surface area contributed by atoms with Crippen molar-refractivity contribution in [3.05, 3.63) is 28.5 Å². The molecule has 0 spiro atoms. The highest BCUT2D eigenvalue weighted by Crippen LogP contribution is 2.12. The van der Waals surface area contributed by atoms with Crippen LogP contribution in [0.5, 0.6) is 0 Å². The van der Waals surface area contributed by atoms with E-state index >= 15 is 0 Å². The lowest BCUT2D eigenvalue weighted by molar-refractivity contribution is 0.0691. The molecule has 0 amide bonds. The predicted octanol–water partition coefficient (Wildman–Crippen LogP) is 0.286. The Bertz CT molecular complexity index is 737. The molecule has 0 atom stereocenters. The summed E-state index contributed by atoms with van der Waals surface area (Å²) < 4.78 is 1.50. The van der Waals surface area contributed by atoms with Gasteiger partial charge in [0.2, 0.25) is 0 Å². The van der Waals surface area contributed by atoms with Gasteiger partial charge < -0.3 is 10.4 Å². The van der Waals surface area contributed by atoms with Crippen molar-refractivity contribution in [1.29, 1.82) is 0 Å². The molecule has 0 saturated carbocycles. The van der Waals surface area contributed by atoms with Crippen LogP contribution in [0.25, 0.3) is 5.65 Å². The minimum absolute atomic E-state index is 0.0422. The Morgan fingerprint density at radius 2 is 2.37 bits per heavy atom. The highest BCUT2D eigenvalue weighted by atomic mass is 32.1. The zero-order chi connectivity index (χ0) is 13.2. The smallest absolute Gasteiger partial charge is 0.355 e. The molecule has 3 rings (SSSR count). The van der Waals surface area contributed by atoms with Crippen molar-refractivity contribution in [2.24, 2.45) is 0 Å². The third-order valence-corrected chi connectivity index (χ3v) is 3.15. The Hall–Kier alpha value is -2.62. The highest BCUT2D eigenvalue weighted by Gasteiger charge is 2.09. The van der Waals surface area contributed by atoms with Gasteiger partial charge in [-0.1, -0.05) is 0 Å². The molecule has 10 heteroatoms. The average molecular weight is 277 g/mol. The summed E-state index contributed by atoms with van der Waals surface area (Å²) in [6.45, 7) is 0.374. The van der Waals surface area contributed by atoms with E-state index in [1.165, 1.54) is 27.4 Å². The molecule has 3 aromatic rings. The predicted molar refractivity (Wildman–Crippen MR) is 65.0 cm³/mol. The summed E-state index contributed by atoms with van der Waals surface area (Å²) >= 11 is 1.27. The van der Waals surface area contributed by atoms with Gasteiger partial charge in [0.25, 0.3) is 0 Å². The van der Waals surface area contributed by atoms with Crippen LogP contribution in [0.3, 0.4) is 0 Å². The third-order valence-electron chi connectivity index (χ3n) is 2.30. The molecule has 0 bridgehead atoms. The van der Waals surface area contributed by atoms with Crippen molar-refractivity contribution in [1.82, 2.24) is 30.0 Å². The van der Waals surface area contributed by atoms with Gasteiger partial charge in [-0.05, 0) is 10.4 Å². The van der Waals surface area contributed by atoms with Crippen molar-refractivity contribution in [2.45, 2.75) is 6.54 Å². The van der Waals surface area contributed by atoms with E-state index < -0.39 is 5.97 Å². The van der Waals surface area contributed by atoms with E-state index in [0.29, 0.717) is 23.0 Å². The number of thiazole rings is 1. The first-order valence-electron chi connectivity index (χ1n) is 5.18. The van der Waals surface area contributed by atoms with Crippen LogP contribution in [0.4, 0.5) is 5.82 Å². The quantitative estimate of drug-likeness (QED) is 0.698. The summed E-state index contributed by atoms with van der Waals surface area (Å²) in [5, 5.41) is 25.1. The molecule has 0 aromatic carbocycles. The molecule has 0 radical (unpaired) electrons. The normalized spacial score (nSPS) is 10.7. The van der Waals surface area contributed by atoms with Crippen LogP contribution in [0.2, 0.25) is 0 Å². The Balaban J connectivity index is 1.78. The molecular formula is C9H7N7O2S. The van der Waals surface area contributed by atoms with Gasteiger partial charge in [0, 0.05) is 5.38 Å². The number of nitrogens with zero attached hydrogens (tertiary/aromatic N) is 6. The van der Waals surface area contributed by atoms with Gasteiger partial charge in [0.1, 0.15) is 5.01 Å². The topological polar surface area (TPSA) is 118 Å². The molecule has 0 saturated heterocycles. The van der Waals surface area contributed by atoms with E-state index in [-0.39, 0.29) is 5.69 Å². The van der Waals surface area contributed by atoms with Crippen molar-refractivity contribution in [2.75, 3.05) is 5.32 Å². The number of tetrazole rings is 1. The van der Waals surface area contributed by atoms with Crippen LogP contribution in [-0.4, -0.2) is 41.1 Å². The van der Waals surface area contributed by atoms with E-state index in [2.05, 4.69) is 30.8 Å². The fraction of sp³-hybridized carbons (Fsp3) is 0.111. The molecule has 9 nitrogen and oxygen atoms in total. The molecule has 0 unspecified atom stereocenters. The summed E-state index contributed by atoms with van der Waals surface area (Å²) in [4.78, 5) is 18.7. The Morgan fingerprint density at radius 3 is 3.16 bits per heavy atom. The first-order valence-corrected chi connectivity index (χ1v) is 6.05. The zero-order valence-corrected chi connectivity index (χ0v) is 10.2. The summed E-state index contributed by atoms with van der Waals surface area (Å²) in [5.41, 5.74) is 0.566. The van der Waals surface area contributed by atoms with Crippen molar-refractivity contribution >= 4 is 28.8 Å². The number of carbonyl (C=O) groups is 1. The molecule has 96 valence electrons. The van der Waals surface area contributed by atoms with Crippen LogP contribution in [-0.2, 0) is 6.54 Å². The number of hydrogen-bond donors (Lipinski definition) is 2. The standard InChI is InChI=1S/C9H7N7O2S/c17-9(18)5-4-19-8(12-5)3-11-6-1-10-2-7-13-14-15-16(6)7/h1-2,4,11H,3H2,(H,17,18). The van der Waals surface area contributed by atoms with Crippen LogP contribution < -0.4 is 5.32 Å². The van der Waals surface area contributed by atoms with Gasteiger partial charge in [0.05, 0.1) is 18.9 Å². The van der Waals surface area contributed by atoms with Crippen LogP contribution in [0.1, 0.15) is 15.5 Å². The molecule has 0 aliphatic rings. The Labute approximate surface area is 109 Å². The SMILES string of the molecule is O=C(O)c1csc(CNc2cncc3nnnn23)n1. The Morgan fingerprint density at radius 1 is 1.47 bits per heavy atom. The second-order valence-electron chi connectivity index (χ2n) is 3.53. The summed E-state index contributed by atoms with van der Waals surface area (Å²) in [7, 11) is 0. The minimum Gasteiger partial charge on any atom is -0.476 e. The van der Waals surface area contributed by atoms with E-state index in [0.717, 1.165) is 0 Å². The first kappa shape index (κ1) is 11.5. The van der Waals surface area contributed by atoms with E-state index in [1.54, 1.807) is 6.20 Å². The molecule has 19 heavy (non-hydrogen) atoms. The van der Waals surface area contributed by atoms with Gasteiger partial charge in [-0.2, -0.15) is 4.52 Å². The average Bonchev–Trinajstić information content (AvgIpc) is 3.05. The third kappa shape index (κ3) is 2.20. The van der Waals surface area contributed by atoms with Crippen molar-refractivity contribution in [3.8, 4) is 0 Å². The maximum absolute atomic E-state index is 10.7. The first-order chi connectivity index (χ1) is 9.24. The summed E-state index contributed by atoms with van der Waals surface area (Å²) in [5.74, 6) is -0.429. The van der Waals surface area contributed by atoms with E-state index in [9.17, 15) is 4.79 Å². The molecule has 0 aliphatic heterocycles. The zero-order valence-electron chi connectivity index (χ0n) is 9.39. The second kappa shape index (κ2) is 4.57. The largest absolute Gasteiger partial charge is 0.476 e. The second-order valence-corrected chi connectivity index (χ2v) is 4.47. The minimum atomic E-state index is -1.04. The lowest BCUT2D eigenvalue weighted by Crippen LogP contribution is -2.06. The number of fused-ring (bicyclic) bond motifs is 1. The van der Waals surface area contributed by atoms with Gasteiger partial charge in [-0.15, -0.1) is 16.4 Å². The van der Waals surface area contributed by atoms with Crippen molar-refractivity contribution < 1.29 is 9.90 Å². The summed E-state index contributed by atoms with van der Waals surface area (Å²) in [6, 6.07) is 0. The van der Waals surface area contributed by atoms with Crippen molar-refractivity contribution in [3.63, 3.8) is 0 Å². The number of carboxylic acids is 1. The summed E-state index contributed by atoms with van der Waals surface area (Å²) in [6.07, 6.45) is 3.12. The van der Waals surface area contributed by atoms with Gasteiger partial charge in [-0.25, -0.2) is 9.78 Å². The maximum Gasteiger partial charge on any atom is 0.355 e. The van der Waals surface area contributed by atoms with Gasteiger partial charge in [-0.3, -0.25) is 4.98 Å². The highest BCUT2D eigenvalue weighted by molar-refractivity contribution is 7.09. The van der Waals surface area contributed by atoms with E-state index in [4.69, 9.17) is 5.11 Å². The Kier molecular flexibility index (Phi) is 2.76. The number of hydrogen-bond acceptors (Lipinski definition) is 8. The maximum atomic E-state index is 10.7. The molecule has 3 heterocycles. The number of carboxylic acid groups (broad SMARTS) is 1. The fourth-order valence-electron chi connectivity index (χ4n) is 1.45. The van der Waals surface area contributed by atoms with Crippen LogP contribution >= 0.6 is 11.3 Å². The number of nitrogens with one attached hydrogen (secondary N) is 1. The number of aromatic carboxylic acids is 1. The number of aromatic nitrogens is 6.